The average molecular weight is 315 g/mol. The number of aromatic nitrogens is 2. The molecule has 0 bridgehead atoms. The summed E-state index contributed by atoms with van der Waals surface area (Å²) in [6, 6.07) is 6.16. The Labute approximate surface area is 99.9 Å². The molecular weight excluding hydrogens is 308 g/mol. The lowest BCUT2D eigenvalue weighted by molar-refractivity contribution is 0.628. The first-order valence-electron chi connectivity index (χ1n) is 4.24. The van der Waals surface area contributed by atoms with Crippen LogP contribution in [-0.4, -0.2) is 9.97 Å². The summed E-state index contributed by atoms with van der Waals surface area (Å²) < 4.78 is 13.8. The summed E-state index contributed by atoms with van der Waals surface area (Å²) in [7, 11) is 0. The minimum absolute atomic E-state index is 0.287. The van der Waals surface area contributed by atoms with Crippen molar-refractivity contribution < 1.29 is 4.39 Å². The van der Waals surface area contributed by atoms with Crippen LogP contribution >= 0.6 is 22.6 Å². The van der Waals surface area contributed by atoms with E-state index >= 15 is 0 Å². The third-order valence-electron chi connectivity index (χ3n) is 1.70. The highest BCUT2D eigenvalue weighted by Crippen LogP contribution is 2.13. The Kier molecular flexibility index (Phi) is 3.10. The molecule has 15 heavy (non-hydrogen) atoms. The first-order chi connectivity index (χ1) is 7.24. The molecule has 0 fully saturated rings. The molecule has 2 aromatic rings. The molecule has 0 spiro atoms. The number of rotatable bonds is 2. The molecule has 0 unspecified atom stereocenters. The van der Waals surface area contributed by atoms with E-state index in [0.29, 0.717) is 11.6 Å². The monoisotopic (exact) mass is 315 g/mol. The number of nitrogens with zero attached hydrogens (tertiary/aromatic N) is 2. The Hall–Kier alpha value is -1.24. The highest BCUT2D eigenvalue weighted by molar-refractivity contribution is 14.1. The van der Waals surface area contributed by atoms with Crippen LogP contribution in [0.15, 0.2) is 36.7 Å². The largest absolute Gasteiger partial charge is 0.324 e. The topological polar surface area (TPSA) is 37.8 Å². The smallest absolute Gasteiger partial charge is 0.227 e. The van der Waals surface area contributed by atoms with Crippen LogP contribution in [0.4, 0.5) is 16.0 Å². The van der Waals surface area contributed by atoms with Gasteiger partial charge in [0, 0.05) is 21.7 Å². The second-order valence-electron chi connectivity index (χ2n) is 2.86. The SMILES string of the molecule is Fc1cccc(Nc2ncc(I)cn2)c1. The molecule has 0 aliphatic heterocycles. The van der Waals surface area contributed by atoms with Gasteiger partial charge in [-0.1, -0.05) is 6.07 Å². The second-order valence-corrected chi connectivity index (χ2v) is 4.11. The number of hydrogen-bond acceptors (Lipinski definition) is 3. The lowest BCUT2D eigenvalue weighted by Crippen LogP contribution is -1.96. The van der Waals surface area contributed by atoms with Crippen molar-refractivity contribution in [2.45, 2.75) is 0 Å². The maximum atomic E-state index is 12.9. The first-order valence-corrected chi connectivity index (χ1v) is 5.32. The zero-order valence-electron chi connectivity index (χ0n) is 7.61. The summed E-state index contributed by atoms with van der Waals surface area (Å²) in [5, 5.41) is 2.91. The van der Waals surface area contributed by atoms with E-state index in [2.05, 4.69) is 37.9 Å². The average Bonchev–Trinajstić information content (AvgIpc) is 2.22. The fraction of sp³-hybridized carbons (Fsp3) is 0. The predicted octanol–water partition coefficient (Wildman–Crippen LogP) is 2.96. The maximum absolute atomic E-state index is 12.9. The van der Waals surface area contributed by atoms with Crippen LogP contribution in [0.2, 0.25) is 0 Å². The highest BCUT2D eigenvalue weighted by atomic mass is 127. The molecule has 0 radical (unpaired) electrons. The van der Waals surface area contributed by atoms with E-state index in [0.717, 1.165) is 3.57 Å². The highest BCUT2D eigenvalue weighted by Gasteiger charge is 1.98. The van der Waals surface area contributed by atoms with Crippen LogP contribution in [0.25, 0.3) is 0 Å². The van der Waals surface area contributed by atoms with Crippen molar-refractivity contribution in [1.29, 1.82) is 0 Å². The van der Waals surface area contributed by atoms with Gasteiger partial charge >= 0.3 is 0 Å². The van der Waals surface area contributed by atoms with Crippen molar-refractivity contribution in [2.24, 2.45) is 0 Å². The Bertz CT molecular complexity index is 458. The molecule has 2 rings (SSSR count). The third-order valence-corrected chi connectivity index (χ3v) is 2.26. The van der Waals surface area contributed by atoms with E-state index < -0.39 is 0 Å². The van der Waals surface area contributed by atoms with Gasteiger partial charge in [0.05, 0.1) is 0 Å². The van der Waals surface area contributed by atoms with Gasteiger partial charge in [0.2, 0.25) is 5.95 Å². The molecule has 0 saturated carbocycles. The molecule has 1 aromatic carbocycles. The van der Waals surface area contributed by atoms with E-state index in [-0.39, 0.29) is 5.82 Å². The van der Waals surface area contributed by atoms with Gasteiger partial charge in [0.1, 0.15) is 5.82 Å². The van der Waals surface area contributed by atoms with Crippen LogP contribution in [-0.2, 0) is 0 Å². The normalized spacial score (nSPS) is 10.0. The summed E-state index contributed by atoms with van der Waals surface area (Å²) >= 11 is 2.12. The fourth-order valence-electron chi connectivity index (χ4n) is 1.07. The van der Waals surface area contributed by atoms with Gasteiger partial charge in [-0.2, -0.15) is 0 Å². The van der Waals surface area contributed by atoms with Crippen molar-refractivity contribution in [1.82, 2.24) is 9.97 Å². The molecule has 0 saturated heterocycles. The minimum atomic E-state index is -0.287. The van der Waals surface area contributed by atoms with Crippen LogP contribution < -0.4 is 5.32 Å². The van der Waals surface area contributed by atoms with Crippen LogP contribution in [0, 0.1) is 9.39 Å². The summed E-state index contributed by atoms with van der Waals surface area (Å²) in [6.07, 6.45) is 3.38. The van der Waals surface area contributed by atoms with Crippen molar-refractivity contribution in [3.63, 3.8) is 0 Å². The second kappa shape index (κ2) is 4.52. The third kappa shape index (κ3) is 2.85. The number of anilines is 2. The van der Waals surface area contributed by atoms with Crippen LogP contribution in [0.3, 0.4) is 0 Å². The summed E-state index contributed by atoms with van der Waals surface area (Å²) in [4.78, 5) is 8.10. The summed E-state index contributed by atoms with van der Waals surface area (Å²) in [5.41, 5.74) is 0.635. The van der Waals surface area contributed by atoms with Crippen molar-refractivity contribution in [3.05, 3.63) is 46.0 Å². The van der Waals surface area contributed by atoms with E-state index in [1.165, 1.54) is 12.1 Å². The zero-order valence-corrected chi connectivity index (χ0v) is 9.77. The van der Waals surface area contributed by atoms with Gasteiger partial charge in [0.15, 0.2) is 0 Å². The molecule has 0 amide bonds. The van der Waals surface area contributed by atoms with Crippen LogP contribution in [0.1, 0.15) is 0 Å². The quantitative estimate of drug-likeness (QED) is 0.866. The molecule has 0 aliphatic rings. The lowest BCUT2D eigenvalue weighted by Gasteiger charge is -2.03. The van der Waals surface area contributed by atoms with E-state index in [1.54, 1.807) is 24.5 Å². The molecule has 76 valence electrons. The van der Waals surface area contributed by atoms with Gasteiger partial charge in [-0.15, -0.1) is 0 Å². The van der Waals surface area contributed by atoms with Gasteiger partial charge in [-0.05, 0) is 40.8 Å². The Morgan fingerprint density at radius 1 is 1.20 bits per heavy atom. The summed E-state index contributed by atoms with van der Waals surface area (Å²) in [6.45, 7) is 0. The number of hydrogen-bond donors (Lipinski definition) is 1. The lowest BCUT2D eigenvalue weighted by atomic mass is 10.3. The molecule has 1 aromatic heterocycles. The minimum Gasteiger partial charge on any atom is -0.324 e. The molecule has 1 N–H and O–H groups in total. The first kappa shape index (κ1) is 10.3. The van der Waals surface area contributed by atoms with Gasteiger partial charge in [-0.3, -0.25) is 0 Å². The Morgan fingerprint density at radius 3 is 2.60 bits per heavy atom. The maximum Gasteiger partial charge on any atom is 0.227 e. The summed E-state index contributed by atoms with van der Waals surface area (Å²) in [5.74, 6) is 0.173. The number of nitrogens with one attached hydrogen (secondary N) is 1. The Balaban J connectivity index is 2.18. The van der Waals surface area contributed by atoms with Gasteiger partial charge in [0.25, 0.3) is 0 Å². The fourth-order valence-corrected chi connectivity index (χ4v) is 1.35. The van der Waals surface area contributed by atoms with E-state index in [1.807, 2.05) is 0 Å². The standard InChI is InChI=1S/C10H7FIN3/c11-7-2-1-3-9(4-7)15-10-13-5-8(12)6-14-10/h1-6H,(H,13,14,15). The predicted molar refractivity (Wildman–Crippen MR) is 64.4 cm³/mol. The number of halogens is 2. The van der Waals surface area contributed by atoms with E-state index in [4.69, 9.17) is 0 Å². The van der Waals surface area contributed by atoms with Crippen molar-refractivity contribution in [2.75, 3.05) is 5.32 Å². The zero-order chi connectivity index (χ0) is 10.7. The van der Waals surface area contributed by atoms with Gasteiger partial charge in [-0.25, -0.2) is 14.4 Å². The molecule has 0 aliphatic carbocycles. The van der Waals surface area contributed by atoms with Crippen molar-refractivity contribution >= 4 is 34.2 Å². The molecular formula is C10H7FIN3. The van der Waals surface area contributed by atoms with Crippen molar-refractivity contribution in [3.8, 4) is 0 Å². The molecule has 5 heteroatoms. The molecule has 1 heterocycles. The molecule has 0 atom stereocenters. The Morgan fingerprint density at radius 2 is 1.93 bits per heavy atom. The van der Waals surface area contributed by atoms with E-state index in [9.17, 15) is 4.39 Å². The van der Waals surface area contributed by atoms with Gasteiger partial charge < -0.3 is 5.32 Å². The van der Waals surface area contributed by atoms with Crippen LogP contribution in [0.5, 0.6) is 0 Å². The number of benzene rings is 1. The molecule has 3 nitrogen and oxygen atoms in total.